The number of hydrazine groups is 1. The number of anilines is 1. The van der Waals surface area contributed by atoms with Crippen molar-refractivity contribution < 1.29 is 22.9 Å². The zero-order valence-electron chi connectivity index (χ0n) is 11.3. The van der Waals surface area contributed by atoms with E-state index >= 15 is 0 Å². The average Bonchev–Trinajstić information content (AvgIpc) is 2.52. The predicted octanol–water partition coefficient (Wildman–Crippen LogP) is 2.77. The van der Waals surface area contributed by atoms with Crippen LogP contribution in [0, 0.1) is 10.1 Å². The second-order valence-electron chi connectivity index (χ2n) is 4.30. The molecular formula is C13H9F3N4O3. The molecule has 1 aromatic carbocycles. The Hall–Kier alpha value is -3.17. The van der Waals surface area contributed by atoms with Crippen LogP contribution in [0.2, 0.25) is 0 Å². The Bertz CT molecular complexity index is 735. The van der Waals surface area contributed by atoms with Crippen LogP contribution in [0.3, 0.4) is 0 Å². The number of nitrogens with one attached hydrogen (secondary N) is 2. The summed E-state index contributed by atoms with van der Waals surface area (Å²) in [6.45, 7) is 0. The van der Waals surface area contributed by atoms with Gasteiger partial charge in [-0.2, -0.15) is 13.2 Å². The number of hydrogen-bond donors (Lipinski definition) is 2. The van der Waals surface area contributed by atoms with Crippen molar-refractivity contribution in [2.45, 2.75) is 6.18 Å². The van der Waals surface area contributed by atoms with Crippen molar-refractivity contribution in [2.24, 2.45) is 0 Å². The molecule has 0 spiro atoms. The summed E-state index contributed by atoms with van der Waals surface area (Å²) in [4.78, 5) is 25.4. The Kier molecular flexibility index (Phi) is 4.44. The summed E-state index contributed by atoms with van der Waals surface area (Å²) in [5.41, 5.74) is 2.39. The third-order valence-corrected chi connectivity index (χ3v) is 2.77. The van der Waals surface area contributed by atoms with Gasteiger partial charge in [0, 0.05) is 24.0 Å². The first-order valence-corrected chi connectivity index (χ1v) is 6.11. The molecule has 2 aromatic rings. The number of nitro benzene ring substituents is 1. The van der Waals surface area contributed by atoms with Crippen molar-refractivity contribution >= 4 is 17.3 Å². The van der Waals surface area contributed by atoms with E-state index in [0.717, 1.165) is 6.07 Å². The van der Waals surface area contributed by atoms with E-state index in [9.17, 15) is 28.1 Å². The Morgan fingerprint density at radius 2 is 1.83 bits per heavy atom. The molecule has 7 nitrogen and oxygen atoms in total. The topological polar surface area (TPSA) is 97.2 Å². The predicted molar refractivity (Wildman–Crippen MR) is 73.4 cm³/mol. The number of rotatable bonds is 4. The first-order valence-electron chi connectivity index (χ1n) is 6.11. The van der Waals surface area contributed by atoms with Gasteiger partial charge in [-0.1, -0.05) is 0 Å². The summed E-state index contributed by atoms with van der Waals surface area (Å²) in [5.74, 6) is -0.624. The number of carbonyl (C=O) groups excluding carboxylic acids is 1. The van der Waals surface area contributed by atoms with Gasteiger partial charge in [0.25, 0.3) is 11.6 Å². The fourth-order valence-electron chi connectivity index (χ4n) is 1.66. The van der Waals surface area contributed by atoms with Gasteiger partial charge in [-0.15, -0.1) is 0 Å². The van der Waals surface area contributed by atoms with Crippen LogP contribution >= 0.6 is 0 Å². The highest BCUT2D eigenvalue weighted by Crippen LogP contribution is 2.34. The monoisotopic (exact) mass is 326 g/mol. The Morgan fingerprint density at radius 1 is 1.17 bits per heavy atom. The first-order chi connectivity index (χ1) is 10.8. The third-order valence-electron chi connectivity index (χ3n) is 2.77. The molecule has 0 atom stereocenters. The molecule has 2 N–H and O–H groups in total. The lowest BCUT2D eigenvalue weighted by Crippen LogP contribution is -2.29. The number of pyridine rings is 1. The number of nitro groups is 1. The smallest absolute Gasteiger partial charge is 0.292 e. The van der Waals surface area contributed by atoms with Gasteiger partial charge in [0.05, 0.1) is 10.5 Å². The zero-order chi connectivity index (χ0) is 17.0. The molecule has 0 saturated carbocycles. The maximum absolute atomic E-state index is 12.6. The van der Waals surface area contributed by atoms with Gasteiger partial charge >= 0.3 is 6.18 Å². The van der Waals surface area contributed by atoms with Crippen LogP contribution in [-0.4, -0.2) is 15.8 Å². The molecule has 1 heterocycles. The van der Waals surface area contributed by atoms with Crippen LogP contribution in [0.5, 0.6) is 0 Å². The molecule has 23 heavy (non-hydrogen) atoms. The molecule has 0 aliphatic carbocycles. The second-order valence-corrected chi connectivity index (χ2v) is 4.30. The van der Waals surface area contributed by atoms with Crippen LogP contribution in [0.1, 0.15) is 15.9 Å². The van der Waals surface area contributed by atoms with Crippen LogP contribution in [-0.2, 0) is 6.18 Å². The first kappa shape index (κ1) is 16.2. The van der Waals surface area contributed by atoms with Gasteiger partial charge in [0.15, 0.2) is 0 Å². The molecule has 120 valence electrons. The summed E-state index contributed by atoms with van der Waals surface area (Å²) < 4.78 is 37.7. The number of aromatic nitrogens is 1. The molecule has 0 unspecified atom stereocenters. The number of halogens is 3. The molecule has 0 saturated heterocycles. The maximum Gasteiger partial charge on any atom is 0.416 e. The SMILES string of the molecule is O=C(NNc1ccc(C(F)(F)F)cc1[N+](=O)[O-])c1ccncc1. The molecular weight excluding hydrogens is 317 g/mol. The summed E-state index contributed by atoms with van der Waals surface area (Å²) >= 11 is 0. The Morgan fingerprint density at radius 3 is 2.39 bits per heavy atom. The highest BCUT2D eigenvalue weighted by molar-refractivity contribution is 5.94. The minimum atomic E-state index is -4.70. The maximum atomic E-state index is 12.6. The van der Waals surface area contributed by atoms with E-state index in [1.54, 1.807) is 0 Å². The summed E-state index contributed by atoms with van der Waals surface area (Å²) in [6, 6.07) is 4.74. The average molecular weight is 326 g/mol. The molecule has 0 fully saturated rings. The quantitative estimate of drug-likeness (QED) is 0.665. The highest BCUT2D eigenvalue weighted by atomic mass is 19.4. The van der Waals surface area contributed by atoms with Gasteiger partial charge in [0.1, 0.15) is 5.69 Å². The third kappa shape index (κ3) is 3.93. The van der Waals surface area contributed by atoms with Crippen molar-refractivity contribution in [1.82, 2.24) is 10.4 Å². The van der Waals surface area contributed by atoms with Crippen LogP contribution in [0.25, 0.3) is 0 Å². The van der Waals surface area contributed by atoms with Gasteiger partial charge in [-0.3, -0.25) is 30.7 Å². The Labute approximate surface area is 127 Å². The fraction of sp³-hybridized carbons (Fsp3) is 0.0769. The van der Waals surface area contributed by atoms with Crippen molar-refractivity contribution in [3.8, 4) is 0 Å². The van der Waals surface area contributed by atoms with E-state index in [2.05, 4.69) is 15.8 Å². The van der Waals surface area contributed by atoms with E-state index in [-0.39, 0.29) is 11.3 Å². The molecule has 1 amide bonds. The molecule has 0 aliphatic rings. The van der Waals surface area contributed by atoms with Crippen molar-refractivity contribution in [3.63, 3.8) is 0 Å². The van der Waals surface area contributed by atoms with Crippen molar-refractivity contribution in [3.05, 3.63) is 64.0 Å². The number of alkyl halides is 3. The summed E-state index contributed by atoms with van der Waals surface area (Å²) in [7, 11) is 0. The lowest BCUT2D eigenvalue weighted by molar-refractivity contribution is -0.384. The molecule has 1 aromatic heterocycles. The van der Waals surface area contributed by atoms with Crippen LogP contribution in [0.4, 0.5) is 24.5 Å². The lowest BCUT2D eigenvalue weighted by Gasteiger charge is -2.11. The molecule has 0 bridgehead atoms. The summed E-state index contributed by atoms with van der Waals surface area (Å²) in [6.07, 6.45) is -1.96. The van der Waals surface area contributed by atoms with Gasteiger partial charge in [-0.05, 0) is 24.3 Å². The minimum Gasteiger partial charge on any atom is -0.292 e. The number of amides is 1. The lowest BCUT2D eigenvalue weighted by atomic mass is 10.1. The number of benzene rings is 1. The number of hydrogen-bond acceptors (Lipinski definition) is 5. The van der Waals surface area contributed by atoms with Crippen molar-refractivity contribution in [1.29, 1.82) is 0 Å². The normalized spacial score (nSPS) is 10.9. The molecule has 2 rings (SSSR count). The Balaban J connectivity index is 2.20. The van der Waals surface area contributed by atoms with Gasteiger partial charge in [-0.25, -0.2) is 0 Å². The highest BCUT2D eigenvalue weighted by Gasteiger charge is 2.33. The van der Waals surface area contributed by atoms with E-state index in [1.165, 1.54) is 24.5 Å². The molecule has 0 aliphatic heterocycles. The number of carbonyl (C=O) groups is 1. The zero-order valence-corrected chi connectivity index (χ0v) is 11.3. The van der Waals surface area contributed by atoms with E-state index < -0.39 is 28.3 Å². The fourth-order valence-corrected chi connectivity index (χ4v) is 1.66. The van der Waals surface area contributed by atoms with Crippen molar-refractivity contribution in [2.75, 3.05) is 5.43 Å². The summed E-state index contributed by atoms with van der Waals surface area (Å²) in [5, 5.41) is 10.9. The van der Waals surface area contributed by atoms with Crippen LogP contribution in [0.15, 0.2) is 42.7 Å². The molecule has 10 heteroatoms. The number of nitrogens with zero attached hydrogens (tertiary/aromatic N) is 2. The largest absolute Gasteiger partial charge is 0.416 e. The second kappa shape index (κ2) is 6.30. The van der Waals surface area contributed by atoms with Crippen LogP contribution < -0.4 is 10.9 Å². The minimum absolute atomic E-state index is 0.224. The molecule has 0 radical (unpaired) electrons. The van der Waals surface area contributed by atoms with Gasteiger partial charge < -0.3 is 0 Å². The van der Waals surface area contributed by atoms with Gasteiger partial charge in [0.2, 0.25) is 0 Å². The standard InChI is InChI=1S/C13H9F3N4O3/c14-13(15,16)9-1-2-10(11(7-9)20(22)23)18-19-12(21)8-3-5-17-6-4-8/h1-7,18H,(H,19,21). The van der Waals surface area contributed by atoms with E-state index in [1.807, 2.05) is 0 Å². The van der Waals surface area contributed by atoms with E-state index in [0.29, 0.717) is 12.1 Å². The van der Waals surface area contributed by atoms with E-state index in [4.69, 9.17) is 0 Å².